The van der Waals surface area contributed by atoms with Crippen LogP contribution in [0.1, 0.15) is 37.7 Å². The van der Waals surface area contributed by atoms with Gasteiger partial charge in [0, 0.05) is 19.5 Å². The van der Waals surface area contributed by atoms with E-state index in [0.29, 0.717) is 12.0 Å². The molecule has 1 heterocycles. The van der Waals surface area contributed by atoms with Crippen LogP contribution >= 0.6 is 0 Å². The Hall–Kier alpha value is -4.40. The highest BCUT2D eigenvalue weighted by Gasteiger charge is 2.39. The number of nitrogens with one attached hydrogen (secondary N) is 2. The number of carboxylic acid groups (broad SMARTS) is 2. The number of benzene rings is 1. The number of likely N-dealkylation sites (tertiary alicyclic amines) is 1. The molecule has 0 bridgehead atoms. The molecule has 0 aromatic heterocycles. The Kier molecular flexibility index (Phi) is 11.5. The zero-order valence-corrected chi connectivity index (χ0v) is 21.3. The fourth-order valence-electron chi connectivity index (χ4n) is 4.16. The number of nitrogens with zero attached hydrogens (tertiary/aromatic N) is 2. The fourth-order valence-corrected chi connectivity index (χ4v) is 4.16. The number of aliphatic carboxylic acids is 2. The van der Waals surface area contributed by atoms with Crippen molar-refractivity contribution in [3.63, 3.8) is 0 Å². The number of carbonyl (C=O) groups is 5. The second-order valence-corrected chi connectivity index (χ2v) is 9.17. The smallest absolute Gasteiger partial charge is 0.326 e. The van der Waals surface area contributed by atoms with E-state index in [0.717, 1.165) is 0 Å². The topological polar surface area (TPSA) is 264 Å². The minimum Gasteiger partial charge on any atom is -0.508 e. The van der Waals surface area contributed by atoms with Crippen molar-refractivity contribution < 1.29 is 39.3 Å². The normalized spacial score (nSPS) is 16.9. The van der Waals surface area contributed by atoms with Gasteiger partial charge in [0.25, 0.3) is 0 Å². The highest BCUT2D eigenvalue weighted by molar-refractivity contribution is 5.95. The van der Waals surface area contributed by atoms with Crippen molar-refractivity contribution in [2.45, 2.75) is 62.7 Å². The van der Waals surface area contributed by atoms with E-state index >= 15 is 0 Å². The maximum atomic E-state index is 13.5. The monoisotopic (exact) mass is 549 g/mol. The Morgan fingerprint density at radius 2 is 1.72 bits per heavy atom. The van der Waals surface area contributed by atoms with Crippen LogP contribution in [-0.2, 0) is 30.4 Å². The lowest BCUT2D eigenvalue weighted by atomic mass is 10.0. The highest BCUT2D eigenvalue weighted by Crippen LogP contribution is 2.20. The van der Waals surface area contributed by atoms with Crippen molar-refractivity contribution in [1.29, 1.82) is 0 Å². The number of aromatic hydroxyl groups is 1. The lowest BCUT2D eigenvalue weighted by molar-refractivity contribution is -0.145. The van der Waals surface area contributed by atoms with Gasteiger partial charge in [-0.15, -0.1) is 0 Å². The van der Waals surface area contributed by atoms with Crippen LogP contribution in [0, 0.1) is 0 Å². The van der Waals surface area contributed by atoms with Gasteiger partial charge < -0.3 is 48.1 Å². The molecule has 1 aliphatic rings. The first kappa shape index (κ1) is 30.8. The molecular weight excluding hydrogens is 514 g/mol. The summed E-state index contributed by atoms with van der Waals surface area (Å²) >= 11 is 0. The van der Waals surface area contributed by atoms with Gasteiger partial charge in [0.2, 0.25) is 17.7 Å². The first-order valence-electron chi connectivity index (χ1n) is 12.3. The Morgan fingerprint density at radius 3 is 2.31 bits per heavy atom. The molecule has 0 spiro atoms. The SMILES string of the molecule is NC(N)=NCCC[C@H](NC(=O)[C@@H](N)CC(=O)O)C(=O)N1CCC[C@H]1C(=O)N[C@@H](Cc1ccc(O)cc1)C(=O)O. The number of guanidine groups is 1. The Bertz CT molecular complexity index is 1070. The molecule has 15 nitrogen and oxygen atoms in total. The molecule has 1 aliphatic heterocycles. The number of amides is 3. The Labute approximate surface area is 224 Å². The van der Waals surface area contributed by atoms with Crippen LogP contribution in [0.3, 0.4) is 0 Å². The number of phenols is 1. The number of carbonyl (C=O) groups excluding carboxylic acids is 3. The van der Waals surface area contributed by atoms with Gasteiger partial charge in [-0.1, -0.05) is 12.1 Å². The third kappa shape index (κ3) is 9.77. The van der Waals surface area contributed by atoms with Gasteiger partial charge in [0.1, 0.15) is 23.9 Å². The van der Waals surface area contributed by atoms with Gasteiger partial charge >= 0.3 is 11.9 Å². The molecule has 39 heavy (non-hydrogen) atoms. The van der Waals surface area contributed by atoms with E-state index in [4.69, 9.17) is 22.3 Å². The van der Waals surface area contributed by atoms with E-state index in [1.807, 2.05) is 0 Å². The Balaban J connectivity index is 2.15. The number of carboxylic acids is 2. The van der Waals surface area contributed by atoms with Gasteiger partial charge in [0.15, 0.2) is 5.96 Å². The summed E-state index contributed by atoms with van der Waals surface area (Å²) in [5.74, 6) is -4.81. The predicted octanol–water partition coefficient (Wildman–Crippen LogP) is -2.16. The zero-order chi connectivity index (χ0) is 29.1. The van der Waals surface area contributed by atoms with E-state index < -0.39 is 60.2 Å². The minimum absolute atomic E-state index is 0.0126. The van der Waals surface area contributed by atoms with Crippen LogP contribution in [0.15, 0.2) is 29.3 Å². The van der Waals surface area contributed by atoms with Gasteiger partial charge in [-0.2, -0.15) is 0 Å². The molecule has 11 N–H and O–H groups in total. The predicted molar refractivity (Wildman–Crippen MR) is 138 cm³/mol. The van der Waals surface area contributed by atoms with Crippen molar-refractivity contribution in [2.75, 3.05) is 13.1 Å². The standard InChI is InChI=1S/C24H35N7O8/c25-15(12-19(33)34)20(35)29-16(3-1-9-28-24(26)27)22(37)31-10-2-4-18(31)21(36)30-17(23(38)39)11-13-5-7-14(32)8-6-13/h5-8,15-18,32H,1-4,9-12,25H2,(H,29,35)(H,30,36)(H,33,34)(H,38,39)(H4,26,27,28)/t15-,16-,17-,18-/m0/s1. The number of aliphatic imine (C=N–C) groups is 1. The third-order valence-corrected chi connectivity index (χ3v) is 6.12. The van der Waals surface area contributed by atoms with Crippen LogP contribution in [0.5, 0.6) is 5.75 Å². The molecule has 1 aromatic carbocycles. The van der Waals surface area contributed by atoms with Crippen LogP contribution < -0.4 is 27.8 Å². The average Bonchev–Trinajstić information content (AvgIpc) is 3.35. The van der Waals surface area contributed by atoms with Gasteiger partial charge in [0.05, 0.1) is 12.5 Å². The summed E-state index contributed by atoms with van der Waals surface area (Å²) in [6.45, 7) is 0.346. The van der Waals surface area contributed by atoms with Crippen LogP contribution in [0.4, 0.5) is 0 Å². The molecule has 3 amide bonds. The molecule has 214 valence electrons. The molecule has 0 aliphatic carbocycles. The maximum Gasteiger partial charge on any atom is 0.326 e. The van der Waals surface area contributed by atoms with Crippen molar-refractivity contribution in [3.05, 3.63) is 29.8 Å². The van der Waals surface area contributed by atoms with Crippen molar-refractivity contribution in [1.82, 2.24) is 15.5 Å². The molecule has 0 saturated carbocycles. The number of nitrogens with two attached hydrogens (primary N) is 3. The van der Waals surface area contributed by atoms with Gasteiger partial charge in [-0.25, -0.2) is 4.79 Å². The minimum atomic E-state index is -1.40. The summed E-state index contributed by atoms with van der Waals surface area (Å²) in [4.78, 5) is 66.9. The summed E-state index contributed by atoms with van der Waals surface area (Å²) in [6.07, 6.45) is 0.398. The van der Waals surface area contributed by atoms with Crippen LogP contribution in [0.25, 0.3) is 0 Å². The molecule has 1 fully saturated rings. The third-order valence-electron chi connectivity index (χ3n) is 6.12. The number of hydrogen-bond donors (Lipinski definition) is 8. The molecule has 15 heteroatoms. The van der Waals surface area contributed by atoms with Crippen molar-refractivity contribution in [3.8, 4) is 5.75 Å². The van der Waals surface area contributed by atoms with E-state index in [2.05, 4.69) is 15.6 Å². The lowest BCUT2D eigenvalue weighted by Crippen LogP contribution is -2.57. The van der Waals surface area contributed by atoms with Crippen LogP contribution in [0.2, 0.25) is 0 Å². The molecule has 2 rings (SSSR count). The summed E-state index contributed by atoms with van der Waals surface area (Å²) in [6, 6.07) is 1.06. The van der Waals surface area contributed by atoms with E-state index in [9.17, 15) is 34.2 Å². The molecular formula is C24H35N7O8. The van der Waals surface area contributed by atoms with E-state index in [1.165, 1.54) is 29.2 Å². The Morgan fingerprint density at radius 1 is 1.05 bits per heavy atom. The first-order valence-corrected chi connectivity index (χ1v) is 12.3. The summed E-state index contributed by atoms with van der Waals surface area (Å²) < 4.78 is 0. The first-order chi connectivity index (χ1) is 18.4. The quantitative estimate of drug-likeness (QED) is 0.0703. The fraction of sp³-hybridized carbons (Fsp3) is 0.500. The summed E-state index contributed by atoms with van der Waals surface area (Å²) in [5.41, 5.74) is 16.8. The number of phenolic OH excluding ortho intramolecular Hbond substituents is 1. The van der Waals surface area contributed by atoms with Gasteiger partial charge in [-0.05, 0) is 43.4 Å². The molecule has 0 radical (unpaired) electrons. The second kappa shape index (κ2) is 14.5. The molecule has 4 atom stereocenters. The molecule has 1 aromatic rings. The molecule has 1 saturated heterocycles. The largest absolute Gasteiger partial charge is 0.508 e. The highest BCUT2D eigenvalue weighted by atomic mass is 16.4. The van der Waals surface area contributed by atoms with E-state index in [-0.39, 0.29) is 50.5 Å². The van der Waals surface area contributed by atoms with Crippen molar-refractivity contribution >= 4 is 35.6 Å². The lowest BCUT2D eigenvalue weighted by Gasteiger charge is -2.30. The maximum absolute atomic E-state index is 13.5. The molecule has 0 unspecified atom stereocenters. The number of hydrogen-bond acceptors (Lipinski definition) is 8. The van der Waals surface area contributed by atoms with Crippen molar-refractivity contribution in [2.24, 2.45) is 22.2 Å². The average molecular weight is 550 g/mol. The van der Waals surface area contributed by atoms with Crippen LogP contribution in [-0.4, -0.2) is 93.1 Å². The zero-order valence-electron chi connectivity index (χ0n) is 21.3. The summed E-state index contributed by atoms with van der Waals surface area (Å²) in [5, 5.41) is 32.9. The summed E-state index contributed by atoms with van der Waals surface area (Å²) in [7, 11) is 0. The van der Waals surface area contributed by atoms with Gasteiger partial charge in [-0.3, -0.25) is 24.2 Å². The number of rotatable bonds is 14. The second-order valence-electron chi connectivity index (χ2n) is 9.17. The van der Waals surface area contributed by atoms with E-state index in [1.54, 1.807) is 0 Å².